The van der Waals surface area contributed by atoms with Crippen LogP contribution in [0.4, 0.5) is 5.69 Å². The maximum atomic E-state index is 12.2. The molecule has 20 heavy (non-hydrogen) atoms. The number of rotatable bonds is 4. The number of carbonyl (C=O) groups excluding carboxylic acids is 1. The molecular weight excluding hydrogens is 252 g/mol. The maximum absolute atomic E-state index is 12.2. The number of anilines is 1. The first-order chi connectivity index (χ1) is 9.47. The zero-order chi connectivity index (χ0) is 14.7. The van der Waals surface area contributed by atoms with Crippen LogP contribution in [-0.4, -0.2) is 34.2 Å². The fourth-order valence-corrected chi connectivity index (χ4v) is 1.88. The molecule has 1 aromatic heterocycles. The van der Waals surface area contributed by atoms with Gasteiger partial charge in [0.1, 0.15) is 0 Å². The third kappa shape index (κ3) is 3.06. The Morgan fingerprint density at radius 2 is 2.00 bits per heavy atom. The summed E-state index contributed by atoms with van der Waals surface area (Å²) in [6.45, 7) is 6.21. The van der Waals surface area contributed by atoms with Gasteiger partial charge in [-0.3, -0.25) is 4.79 Å². The van der Waals surface area contributed by atoms with E-state index in [-0.39, 0.29) is 5.91 Å². The van der Waals surface area contributed by atoms with Gasteiger partial charge in [0, 0.05) is 25.5 Å². The summed E-state index contributed by atoms with van der Waals surface area (Å²) in [5, 5.41) is 4.29. The number of amides is 1. The quantitative estimate of drug-likeness (QED) is 0.683. The van der Waals surface area contributed by atoms with Crippen molar-refractivity contribution in [2.75, 3.05) is 19.3 Å². The summed E-state index contributed by atoms with van der Waals surface area (Å²) in [7, 11) is 1.74. The van der Waals surface area contributed by atoms with Crippen molar-refractivity contribution in [2.24, 2.45) is 0 Å². The van der Waals surface area contributed by atoms with E-state index in [1.54, 1.807) is 41.0 Å². The van der Waals surface area contributed by atoms with E-state index >= 15 is 0 Å². The first kappa shape index (κ1) is 13.9. The fraction of sp³-hybridized carbons (Fsp3) is 0.200. The Labute approximate surface area is 118 Å². The van der Waals surface area contributed by atoms with Crippen molar-refractivity contribution in [3.05, 3.63) is 54.4 Å². The molecule has 0 aliphatic heterocycles. The lowest BCUT2D eigenvalue weighted by Gasteiger charge is -2.15. The Morgan fingerprint density at radius 1 is 1.35 bits per heavy atom. The Kier molecular flexibility index (Phi) is 3.89. The number of hydrogen-bond donors (Lipinski definition) is 1. The number of nitrogens with two attached hydrogens (primary N) is 1. The molecule has 0 aliphatic carbocycles. The molecule has 0 fully saturated rings. The van der Waals surface area contributed by atoms with E-state index < -0.39 is 0 Å². The van der Waals surface area contributed by atoms with Crippen LogP contribution in [0.15, 0.2) is 48.7 Å². The number of nitrogen functional groups attached to an aromatic ring is 1. The first-order valence-electron chi connectivity index (χ1n) is 6.29. The molecule has 0 saturated heterocycles. The summed E-state index contributed by atoms with van der Waals surface area (Å²) >= 11 is 0. The number of nitrogens with zero attached hydrogens (tertiary/aromatic N) is 3. The van der Waals surface area contributed by atoms with E-state index in [1.165, 1.54) is 0 Å². The van der Waals surface area contributed by atoms with E-state index in [2.05, 4.69) is 11.7 Å². The van der Waals surface area contributed by atoms with Crippen LogP contribution in [0.5, 0.6) is 0 Å². The second-order valence-corrected chi connectivity index (χ2v) is 4.86. The molecule has 2 aromatic rings. The van der Waals surface area contributed by atoms with Gasteiger partial charge in [0.25, 0.3) is 5.91 Å². The second-order valence-electron chi connectivity index (χ2n) is 4.86. The minimum Gasteiger partial charge on any atom is -0.399 e. The van der Waals surface area contributed by atoms with Crippen molar-refractivity contribution < 1.29 is 4.79 Å². The van der Waals surface area contributed by atoms with Crippen LogP contribution in [-0.2, 0) is 0 Å². The highest BCUT2D eigenvalue weighted by Crippen LogP contribution is 2.11. The Morgan fingerprint density at radius 3 is 2.60 bits per heavy atom. The molecule has 5 nitrogen and oxygen atoms in total. The lowest BCUT2D eigenvalue weighted by molar-refractivity contribution is 0.0801. The number of carbonyl (C=O) groups is 1. The number of likely N-dealkylation sites (N-methyl/N-ethyl adjacent to an activating group) is 1. The van der Waals surface area contributed by atoms with Crippen molar-refractivity contribution >= 4 is 11.6 Å². The molecule has 0 spiro atoms. The Balaban J connectivity index is 2.18. The van der Waals surface area contributed by atoms with Crippen LogP contribution in [0.1, 0.15) is 17.4 Å². The largest absolute Gasteiger partial charge is 0.399 e. The molecule has 1 aromatic carbocycles. The summed E-state index contributed by atoms with van der Waals surface area (Å²) < 4.78 is 1.65. The topological polar surface area (TPSA) is 64.2 Å². The monoisotopic (exact) mass is 270 g/mol. The van der Waals surface area contributed by atoms with E-state index in [4.69, 9.17) is 5.73 Å². The van der Waals surface area contributed by atoms with Gasteiger partial charge in [0.05, 0.1) is 5.69 Å². The molecule has 1 amide bonds. The predicted molar refractivity (Wildman–Crippen MR) is 79.8 cm³/mol. The van der Waals surface area contributed by atoms with Gasteiger partial charge in [-0.1, -0.05) is 12.2 Å². The van der Waals surface area contributed by atoms with Crippen molar-refractivity contribution in [1.82, 2.24) is 14.7 Å². The highest BCUT2D eigenvalue weighted by atomic mass is 16.2. The minimum absolute atomic E-state index is 0.123. The van der Waals surface area contributed by atoms with Crippen LogP contribution < -0.4 is 5.73 Å². The average molecular weight is 270 g/mol. The minimum atomic E-state index is -0.123. The lowest BCUT2D eigenvalue weighted by Crippen LogP contribution is -2.28. The SMILES string of the molecule is C=C(C)CN(C)C(=O)c1ccn(-c2ccc(N)cc2)n1. The van der Waals surface area contributed by atoms with Gasteiger partial charge >= 0.3 is 0 Å². The van der Waals surface area contributed by atoms with Crippen molar-refractivity contribution in [3.8, 4) is 5.69 Å². The molecule has 2 rings (SSSR count). The normalized spacial score (nSPS) is 10.3. The van der Waals surface area contributed by atoms with Crippen molar-refractivity contribution in [3.63, 3.8) is 0 Å². The summed E-state index contributed by atoms with van der Waals surface area (Å²) in [5.41, 5.74) is 8.54. The molecule has 2 N–H and O–H groups in total. The van der Waals surface area contributed by atoms with Gasteiger partial charge in [0.15, 0.2) is 5.69 Å². The highest BCUT2D eigenvalue weighted by Gasteiger charge is 2.14. The number of benzene rings is 1. The van der Waals surface area contributed by atoms with Gasteiger partial charge in [-0.05, 0) is 37.3 Å². The van der Waals surface area contributed by atoms with Gasteiger partial charge in [0.2, 0.25) is 0 Å². The molecule has 104 valence electrons. The van der Waals surface area contributed by atoms with Crippen LogP contribution in [0.2, 0.25) is 0 Å². The third-order valence-corrected chi connectivity index (χ3v) is 2.82. The summed E-state index contributed by atoms with van der Waals surface area (Å²) in [5.74, 6) is -0.123. The van der Waals surface area contributed by atoms with Gasteiger partial charge < -0.3 is 10.6 Å². The smallest absolute Gasteiger partial charge is 0.274 e. The Bertz CT molecular complexity index is 628. The van der Waals surface area contributed by atoms with Gasteiger partial charge in [-0.15, -0.1) is 0 Å². The zero-order valence-electron chi connectivity index (χ0n) is 11.7. The average Bonchev–Trinajstić information content (AvgIpc) is 2.87. The number of hydrogen-bond acceptors (Lipinski definition) is 3. The fourth-order valence-electron chi connectivity index (χ4n) is 1.88. The standard InChI is InChI=1S/C15H18N4O/c1-11(2)10-18(3)15(20)14-8-9-19(17-14)13-6-4-12(16)5-7-13/h4-9H,1,10,16H2,2-3H3. The molecule has 0 atom stereocenters. The summed E-state index contributed by atoms with van der Waals surface area (Å²) in [6, 6.07) is 9.01. The van der Waals surface area contributed by atoms with Crippen LogP contribution in [0, 0.1) is 0 Å². The molecule has 0 aliphatic rings. The second kappa shape index (κ2) is 5.61. The summed E-state index contributed by atoms with van der Waals surface area (Å²) in [6.07, 6.45) is 1.76. The van der Waals surface area contributed by atoms with Crippen molar-refractivity contribution in [1.29, 1.82) is 0 Å². The van der Waals surface area contributed by atoms with Crippen LogP contribution >= 0.6 is 0 Å². The Hall–Kier alpha value is -2.56. The van der Waals surface area contributed by atoms with E-state index in [9.17, 15) is 4.79 Å². The molecule has 0 radical (unpaired) electrons. The third-order valence-electron chi connectivity index (χ3n) is 2.82. The molecule has 0 bridgehead atoms. The molecule has 0 unspecified atom stereocenters. The van der Waals surface area contributed by atoms with E-state index in [0.29, 0.717) is 17.9 Å². The number of aromatic nitrogens is 2. The highest BCUT2D eigenvalue weighted by molar-refractivity contribution is 5.92. The lowest BCUT2D eigenvalue weighted by atomic mass is 10.3. The van der Waals surface area contributed by atoms with E-state index in [1.807, 2.05) is 19.1 Å². The van der Waals surface area contributed by atoms with E-state index in [0.717, 1.165) is 11.3 Å². The molecule has 0 saturated carbocycles. The van der Waals surface area contributed by atoms with Gasteiger partial charge in [-0.25, -0.2) is 4.68 Å². The van der Waals surface area contributed by atoms with Gasteiger partial charge in [-0.2, -0.15) is 5.10 Å². The zero-order valence-corrected chi connectivity index (χ0v) is 11.7. The maximum Gasteiger partial charge on any atom is 0.274 e. The van der Waals surface area contributed by atoms with Crippen molar-refractivity contribution in [2.45, 2.75) is 6.92 Å². The molecule has 1 heterocycles. The molecular formula is C15H18N4O. The predicted octanol–water partition coefficient (Wildman–Crippen LogP) is 2.10. The molecule has 5 heteroatoms. The van der Waals surface area contributed by atoms with Crippen LogP contribution in [0.25, 0.3) is 5.69 Å². The first-order valence-corrected chi connectivity index (χ1v) is 6.29. The summed E-state index contributed by atoms with van der Waals surface area (Å²) in [4.78, 5) is 13.8. The van der Waals surface area contributed by atoms with Crippen LogP contribution in [0.3, 0.4) is 0 Å².